The Morgan fingerprint density at radius 1 is 0.518 bits per heavy atom. The van der Waals surface area contributed by atoms with Gasteiger partial charge in [-0.05, 0) is 137 Å². The van der Waals surface area contributed by atoms with E-state index in [1.54, 1.807) is 0 Å². The van der Waals surface area contributed by atoms with E-state index in [-0.39, 0.29) is 23.4 Å². The van der Waals surface area contributed by atoms with Crippen LogP contribution in [-0.2, 0) is 5.41 Å². The van der Waals surface area contributed by atoms with E-state index in [1.807, 2.05) is 60.4 Å². The molecule has 0 bridgehead atoms. The van der Waals surface area contributed by atoms with Crippen molar-refractivity contribution in [1.82, 2.24) is 24.5 Å². The summed E-state index contributed by atoms with van der Waals surface area (Å²) in [5.41, 5.74) is 18.6. The van der Waals surface area contributed by atoms with Gasteiger partial charge in [-0.2, -0.15) is 0 Å². The second kappa shape index (κ2) is 18.6. The summed E-state index contributed by atoms with van der Waals surface area (Å²) in [5, 5.41) is 6.79. The van der Waals surface area contributed by atoms with Gasteiger partial charge < -0.3 is 9.15 Å². The highest BCUT2D eigenvalue weighted by molar-refractivity contribution is 7.26. The molecule has 17 rings (SSSR count). The van der Waals surface area contributed by atoms with Crippen molar-refractivity contribution in [2.45, 2.75) is 30.3 Å². The lowest BCUT2D eigenvalue weighted by Gasteiger charge is -2.35. The Labute approximate surface area is 482 Å². The van der Waals surface area contributed by atoms with Crippen molar-refractivity contribution in [3.63, 3.8) is 0 Å². The topological polar surface area (TPSA) is 78.9 Å². The molecule has 0 saturated carbocycles. The number of allylic oxidation sites excluding steroid dienone is 6. The van der Waals surface area contributed by atoms with Gasteiger partial charge >= 0.3 is 0 Å². The summed E-state index contributed by atoms with van der Waals surface area (Å²) in [4.78, 5) is 19.9. The summed E-state index contributed by atoms with van der Waals surface area (Å²) >= 11 is 1.86. The molecule has 392 valence electrons. The molecule has 0 spiro atoms. The molecule has 0 N–H and O–H groups in total. The number of pyridine rings is 4. The molecule has 2 aliphatic carbocycles. The van der Waals surface area contributed by atoms with E-state index >= 15 is 0 Å². The third kappa shape index (κ3) is 7.49. The molecule has 7 aromatic carbocycles. The third-order valence-corrected chi connectivity index (χ3v) is 18.8. The van der Waals surface area contributed by atoms with Crippen LogP contribution in [0.15, 0.2) is 266 Å². The first-order chi connectivity index (χ1) is 41.0. The van der Waals surface area contributed by atoms with E-state index in [4.69, 9.17) is 29.1 Å². The van der Waals surface area contributed by atoms with Gasteiger partial charge in [-0.25, -0.2) is 9.97 Å². The largest absolute Gasteiger partial charge is 0.485 e. The number of para-hydroxylation sites is 2. The zero-order valence-corrected chi connectivity index (χ0v) is 45.8. The maximum absolute atomic E-state index is 6.79. The van der Waals surface area contributed by atoms with Crippen molar-refractivity contribution in [3.05, 3.63) is 284 Å². The van der Waals surface area contributed by atoms with Crippen molar-refractivity contribution >= 4 is 81.1 Å². The number of aromatic nitrogens is 5. The molecule has 0 amide bonds. The van der Waals surface area contributed by atoms with Crippen LogP contribution >= 0.6 is 11.3 Å². The number of ether oxygens (including phenoxy) is 1. The van der Waals surface area contributed by atoms with Crippen LogP contribution in [0.5, 0.6) is 5.75 Å². The minimum Gasteiger partial charge on any atom is -0.485 e. The molecule has 4 unspecified atom stereocenters. The fourth-order valence-corrected chi connectivity index (χ4v) is 14.8. The summed E-state index contributed by atoms with van der Waals surface area (Å²) in [6.07, 6.45) is 23.3. The molecular formula is C75H49N5O2S. The second-order valence-electron chi connectivity index (χ2n) is 22.2. The quantitative estimate of drug-likeness (QED) is 0.151. The standard InChI is InChI=1S/C75H49N5O2S/c1-75(69-29-8-11-36-77-69)34-9-6-26-64(75)49-43-63-58-25-15-37-78-73(58)80(74(63)79-44-49)50-17-12-16-45(38-50)46-30-32-67-60(39-46)61-40-47(31-33-68(61)81-67)59-41-48(51-18-2-3-19-52(51)65-27-7-10-35-76-65)42-62-57-24-14-23-56(71(57)83-72(59)62)55-22-13-21-54-53-20-4-5-28-66(53)82-70(54)55/h2-44,61,64,68H,1H3. The highest BCUT2D eigenvalue weighted by atomic mass is 32.1. The molecule has 0 saturated heterocycles. The summed E-state index contributed by atoms with van der Waals surface area (Å²) in [6.45, 7) is 2.27. The molecule has 1 aliphatic heterocycles. The van der Waals surface area contributed by atoms with E-state index in [2.05, 4.69) is 224 Å². The van der Waals surface area contributed by atoms with Gasteiger partial charge in [0.1, 0.15) is 34.3 Å². The van der Waals surface area contributed by atoms with Crippen LogP contribution in [0, 0.1) is 0 Å². The Morgan fingerprint density at radius 3 is 2.18 bits per heavy atom. The molecule has 14 aromatic rings. The van der Waals surface area contributed by atoms with Gasteiger partial charge in [0, 0.05) is 112 Å². The van der Waals surface area contributed by atoms with Crippen molar-refractivity contribution in [2.75, 3.05) is 0 Å². The first kappa shape index (κ1) is 47.5. The predicted octanol–water partition coefficient (Wildman–Crippen LogP) is 19.0. The van der Waals surface area contributed by atoms with Crippen LogP contribution in [-0.4, -0.2) is 30.6 Å². The van der Waals surface area contributed by atoms with Crippen LogP contribution < -0.4 is 4.74 Å². The SMILES string of the molecule is CC1(c2ccccn2)C=CC=CC1c1cnc2c(c1)c1cccnc1n2-c1cccc(-c2ccc3c(c2)C2C=C(c4cc(-c5ccccc5-c5ccccn5)cc5c4sc4c(-c6cccc7c6oc6ccccc67)cccc45)C=CC2O3)c1. The van der Waals surface area contributed by atoms with Crippen LogP contribution in [0.4, 0.5) is 0 Å². The van der Waals surface area contributed by atoms with Gasteiger partial charge in [0.2, 0.25) is 0 Å². The average Bonchev–Trinajstić information content (AvgIpc) is 3.04. The molecule has 7 nitrogen and oxygen atoms in total. The molecule has 0 radical (unpaired) electrons. The fourth-order valence-electron chi connectivity index (χ4n) is 13.5. The fraction of sp³-hybridized carbons (Fsp3) is 0.0667. The molecule has 7 aromatic heterocycles. The Balaban J connectivity index is 0.776. The van der Waals surface area contributed by atoms with E-state index in [9.17, 15) is 0 Å². The van der Waals surface area contributed by atoms with E-state index in [1.165, 1.54) is 31.3 Å². The van der Waals surface area contributed by atoms with E-state index in [0.717, 1.165) is 117 Å². The first-order valence-corrected chi connectivity index (χ1v) is 29.1. The van der Waals surface area contributed by atoms with Crippen LogP contribution in [0.25, 0.3) is 120 Å². The number of thiophene rings is 1. The van der Waals surface area contributed by atoms with Crippen LogP contribution in [0.2, 0.25) is 0 Å². The van der Waals surface area contributed by atoms with Crippen molar-refractivity contribution < 1.29 is 9.15 Å². The number of nitrogens with zero attached hydrogens (tertiary/aromatic N) is 5. The average molecular weight is 1080 g/mol. The van der Waals surface area contributed by atoms with Crippen molar-refractivity contribution in [3.8, 4) is 56.1 Å². The molecule has 8 heteroatoms. The highest BCUT2D eigenvalue weighted by Gasteiger charge is 2.37. The number of hydrogen-bond donors (Lipinski definition) is 0. The van der Waals surface area contributed by atoms with Crippen LogP contribution in [0.3, 0.4) is 0 Å². The molecule has 8 heterocycles. The summed E-state index contributed by atoms with van der Waals surface area (Å²) < 4.78 is 18.1. The van der Waals surface area contributed by atoms with Gasteiger partial charge in [-0.1, -0.05) is 146 Å². The smallest absolute Gasteiger partial charge is 0.146 e. The van der Waals surface area contributed by atoms with Gasteiger partial charge in [-0.3, -0.25) is 14.5 Å². The Bertz CT molecular complexity index is 5120. The molecule has 83 heavy (non-hydrogen) atoms. The van der Waals surface area contributed by atoms with Gasteiger partial charge in [0.25, 0.3) is 0 Å². The monoisotopic (exact) mass is 1080 g/mol. The lowest BCUT2D eigenvalue weighted by Crippen LogP contribution is -2.29. The third-order valence-electron chi connectivity index (χ3n) is 17.5. The van der Waals surface area contributed by atoms with Gasteiger partial charge in [-0.15, -0.1) is 11.3 Å². The zero-order chi connectivity index (χ0) is 54.8. The molecular weight excluding hydrogens is 1030 g/mol. The van der Waals surface area contributed by atoms with Gasteiger partial charge in [0.15, 0.2) is 0 Å². The normalized spacial score (nSPS) is 18.1. The molecule has 4 atom stereocenters. The highest BCUT2D eigenvalue weighted by Crippen LogP contribution is 2.51. The van der Waals surface area contributed by atoms with Crippen molar-refractivity contribution in [1.29, 1.82) is 0 Å². The predicted molar refractivity (Wildman–Crippen MR) is 339 cm³/mol. The maximum atomic E-state index is 6.79. The minimum atomic E-state index is -0.342. The number of rotatable bonds is 8. The van der Waals surface area contributed by atoms with Crippen LogP contribution in [0.1, 0.15) is 41.1 Å². The number of hydrogen-bond acceptors (Lipinski definition) is 7. The lowest BCUT2D eigenvalue weighted by molar-refractivity contribution is 0.269. The maximum Gasteiger partial charge on any atom is 0.146 e. The zero-order valence-electron chi connectivity index (χ0n) is 45.0. The first-order valence-electron chi connectivity index (χ1n) is 28.3. The number of benzene rings is 7. The minimum absolute atomic E-state index is 0.0165. The number of furan rings is 1. The number of fused-ring (bicyclic) bond motifs is 12. The van der Waals surface area contributed by atoms with E-state index < -0.39 is 0 Å². The van der Waals surface area contributed by atoms with Crippen molar-refractivity contribution in [2.24, 2.45) is 0 Å². The Hall–Kier alpha value is -10.3. The summed E-state index contributed by atoms with van der Waals surface area (Å²) in [6, 6.07) is 69.3. The molecule has 3 aliphatic rings. The summed E-state index contributed by atoms with van der Waals surface area (Å²) in [7, 11) is 0. The van der Waals surface area contributed by atoms with Gasteiger partial charge in [0.05, 0.1) is 11.4 Å². The lowest BCUT2D eigenvalue weighted by atomic mass is 9.69. The summed E-state index contributed by atoms with van der Waals surface area (Å²) in [5.74, 6) is 0.932. The Morgan fingerprint density at radius 2 is 1.28 bits per heavy atom. The molecule has 0 fully saturated rings. The Kier molecular flexibility index (Phi) is 10.7. The van der Waals surface area contributed by atoms with E-state index in [0.29, 0.717) is 0 Å². The second-order valence-corrected chi connectivity index (χ2v) is 23.2.